The molecule has 3 amide bonds. The van der Waals surface area contributed by atoms with E-state index in [0.29, 0.717) is 12.6 Å². The second-order valence-corrected chi connectivity index (χ2v) is 8.60. The van der Waals surface area contributed by atoms with Crippen molar-refractivity contribution in [2.24, 2.45) is 0 Å². The van der Waals surface area contributed by atoms with E-state index in [1.165, 1.54) is 17.0 Å². The second-order valence-electron chi connectivity index (χ2n) is 8.60. The predicted molar refractivity (Wildman–Crippen MR) is 117 cm³/mol. The van der Waals surface area contributed by atoms with Gasteiger partial charge in [-0.1, -0.05) is 48.5 Å². The highest BCUT2D eigenvalue weighted by atomic mass is 19.1. The molecule has 3 aromatic carbocycles. The second kappa shape index (κ2) is 7.46. The van der Waals surface area contributed by atoms with E-state index in [2.05, 4.69) is 10.2 Å². The Kier molecular flexibility index (Phi) is 4.74. The third-order valence-electron chi connectivity index (χ3n) is 6.29. The van der Waals surface area contributed by atoms with Gasteiger partial charge in [0.2, 0.25) is 0 Å². The Morgan fingerprint density at radius 3 is 2.45 bits per heavy atom. The number of rotatable bonds is 6. The summed E-state index contributed by atoms with van der Waals surface area (Å²) in [6.45, 7) is 2.54. The molecule has 0 bridgehead atoms. The van der Waals surface area contributed by atoms with E-state index >= 15 is 0 Å². The third-order valence-corrected chi connectivity index (χ3v) is 6.29. The molecular formula is C25H24FN3O2. The number of imide groups is 1. The SMILES string of the molecule is C[C@]1(c2ccc3ccccc3c2)NC(=O)N(CN(Cc2ccc(F)cc2)C2CC2)C1=O. The van der Waals surface area contributed by atoms with Gasteiger partial charge in [0.05, 0.1) is 6.67 Å². The number of hydrogen-bond acceptors (Lipinski definition) is 3. The molecule has 1 aliphatic heterocycles. The third kappa shape index (κ3) is 3.68. The summed E-state index contributed by atoms with van der Waals surface area (Å²) in [5, 5.41) is 5.02. The Bertz CT molecular complexity index is 1160. The largest absolute Gasteiger partial charge is 0.326 e. The van der Waals surface area contributed by atoms with Crippen LogP contribution in [0.25, 0.3) is 10.8 Å². The highest BCUT2D eigenvalue weighted by Crippen LogP contribution is 2.33. The molecule has 6 heteroatoms. The number of amides is 3. The van der Waals surface area contributed by atoms with E-state index in [-0.39, 0.29) is 24.4 Å². The molecule has 1 heterocycles. The predicted octanol–water partition coefficient (Wildman–Crippen LogP) is 4.37. The van der Waals surface area contributed by atoms with Crippen molar-refractivity contribution in [3.05, 3.63) is 83.7 Å². The fourth-order valence-electron chi connectivity index (χ4n) is 4.26. The summed E-state index contributed by atoms with van der Waals surface area (Å²) < 4.78 is 13.2. The summed E-state index contributed by atoms with van der Waals surface area (Å²) in [6, 6.07) is 20.1. The molecule has 0 radical (unpaired) electrons. The lowest BCUT2D eigenvalue weighted by molar-refractivity contribution is -0.132. The monoisotopic (exact) mass is 417 g/mol. The number of urea groups is 1. The quantitative estimate of drug-likeness (QED) is 0.606. The molecular weight excluding hydrogens is 393 g/mol. The summed E-state index contributed by atoms with van der Waals surface area (Å²) in [6.07, 6.45) is 2.07. The molecule has 2 fully saturated rings. The van der Waals surface area contributed by atoms with Gasteiger partial charge < -0.3 is 5.32 Å². The lowest BCUT2D eigenvalue weighted by Crippen LogP contribution is -2.44. The normalized spacial score (nSPS) is 21.2. The zero-order chi connectivity index (χ0) is 21.6. The van der Waals surface area contributed by atoms with Gasteiger partial charge in [0.25, 0.3) is 5.91 Å². The topological polar surface area (TPSA) is 52.7 Å². The molecule has 5 rings (SSSR count). The van der Waals surface area contributed by atoms with Crippen molar-refractivity contribution in [1.82, 2.24) is 15.1 Å². The van der Waals surface area contributed by atoms with Gasteiger partial charge in [-0.15, -0.1) is 0 Å². The molecule has 1 N–H and O–H groups in total. The minimum Gasteiger partial charge on any atom is -0.319 e. The number of carbonyl (C=O) groups excluding carboxylic acids is 2. The van der Waals surface area contributed by atoms with Crippen LogP contribution < -0.4 is 5.32 Å². The first-order chi connectivity index (χ1) is 14.9. The first-order valence-corrected chi connectivity index (χ1v) is 10.6. The number of nitrogens with zero attached hydrogens (tertiary/aromatic N) is 2. The molecule has 1 saturated heterocycles. The van der Waals surface area contributed by atoms with Gasteiger partial charge in [0.15, 0.2) is 0 Å². The van der Waals surface area contributed by atoms with Crippen LogP contribution in [0.2, 0.25) is 0 Å². The maximum atomic E-state index is 13.4. The number of fused-ring (bicyclic) bond motifs is 1. The van der Waals surface area contributed by atoms with Gasteiger partial charge in [-0.3, -0.25) is 9.69 Å². The van der Waals surface area contributed by atoms with Crippen molar-refractivity contribution < 1.29 is 14.0 Å². The van der Waals surface area contributed by atoms with Crippen LogP contribution >= 0.6 is 0 Å². The lowest BCUT2D eigenvalue weighted by atomic mass is 9.90. The summed E-state index contributed by atoms with van der Waals surface area (Å²) in [4.78, 5) is 29.7. The average molecular weight is 417 g/mol. The zero-order valence-corrected chi connectivity index (χ0v) is 17.3. The van der Waals surface area contributed by atoms with Crippen LogP contribution in [0.3, 0.4) is 0 Å². The van der Waals surface area contributed by atoms with Crippen LogP contribution in [-0.4, -0.2) is 34.4 Å². The van der Waals surface area contributed by atoms with Gasteiger partial charge in [-0.25, -0.2) is 14.1 Å². The van der Waals surface area contributed by atoms with Crippen LogP contribution in [0.5, 0.6) is 0 Å². The lowest BCUT2D eigenvalue weighted by Gasteiger charge is -2.27. The minimum absolute atomic E-state index is 0.218. The first-order valence-electron chi connectivity index (χ1n) is 10.6. The number of nitrogens with one attached hydrogen (secondary N) is 1. The van der Waals surface area contributed by atoms with E-state index < -0.39 is 5.54 Å². The molecule has 0 spiro atoms. The zero-order valence-electron chi connectivity index (χ0n) is 17.3. The van der Waals surface area contributed by atoms with Gasteiger partial charge in [-0.05, 0) is 59.9 Å². The minimum atomic E-state index is -1.10. The summed E-state index contributed by atoms with van der Waals surface area (Å²) in [5.41, 5.74) is 0.618. The summed E-state index contributed by atoms with van der Waals surface area (Å²) >= 11 is 0. The standard InChI is InChI=1S/C25H24FN3O2/c1-25(20-9-8-18-4-2-3-5-19(18)14-20)23(30)29(24(31)27-25)16-28(22-12-13-22)15-17-6-10-21(26)11-7-17/h2-11,14,22H,12-13,15-16H2,1H3,(H,27,31)/t25-/m1/s1. The Morgan fingerprint density at radius 2 is 1.74 bits per heavy atom. The number of hydrogen-bond donors (Lipinski definition) is 1. The first kappa shape index (κ1) is 19.7. The molecule has 0 unspecified atom stereocenters. The van der Waals surface area contributed by atoms with E-state index in [1.54, 1.807) is 19.1 Å². The highest BCUT2D eigenvalue weighted by Gasteiger charge is 2.50. The van der Waals surface area contributed by atoms with E-state index in [1.807, 2.05) is 42.5 Å². The van der Waals surface area contributed by atoms with E-state index in [4.69, 9.17) is 0 Å². The molecule has 158 valence electrons. The maximum absolute atomic E-state index is 13.4. The number of carbonyl (C=O) groups is 2. The molecule has 5 nitrogen and oxygen atoms in total. The molecule has 2 aliphatic rings. The molecule has 1 saturated carbocycles. The Hall–Kier alpha value is -3.25. The Labute approximate surface area is 180 Å². The van der Waals surface area contributed by atoms with Crippen molar-refractivity contribution in [2.45, 2.75) is 37.9 Å². The van der Waals surface area contributed by atoms with Crippen molar-refractivity contribution in [1.29, 1.82) is 0 Å². The van der Waals surface area contributed by atoms with Crippen molar-refractivity contribution in [3.8, 4) is 0 Å². The summed E-state index contributed by atoms with van der Waals surface area (Å²) in [7, 11) is 0. The van der Waals surface area contributed by atoms with Crippen LogP contribution in [0.4, 0.5) is 9.18 Å². The molecule has 1 atom stereocenters. The van der Waals surface area contributed by atoms with Crippen LogP contribution in [-0.2, 0) is 16.9 Å². The van der Waals surface area contributed by atoms with Gasteiger partial charge in [-0.2, -0.15) is 0 Å². The van der Waals surface area contributed by atoms with Gasteiger partial charge in [0, 0.05) is 12.6 Å². The van der Waals surface area contributed by atoms with E-state index in [0.717, 1.165) is 34.7 Å². The van der Waals surface area contributed by atoms with Crippen LogP contribution in [0, 0.1) is 5.82 Å². The Balaban J connectivity index is 1.38. The smallest absolute Gasteiger partial charge is 0.319 e. The van der Waals surface area contributed by atoms with Gasteiger partial charge in [0.1, 0.15) is 11.4 Å². The molecule has 3 aromatic rings. The maximum Gasteiger partial charge on any atom is 0.326 e. The number of halogens is 1. The average Bonchev–Trinajstić information content (AvgIpc) is 3.59. The van der Waals surface area contributed by atoms with Crippen molar-refractivity contribution >= 4 is 22.7 Å². The van der Waals surface area contributed by atoms with E-state index in [9.17, 15) is 14.0 Å². The molecule has 1 aliphatic carbocycles. The highest BCUT2D eigenvalue weighted by molar-refractivity contribution is 6.07. The van der Waals surface area contributed by atoms with Gasteiger partial charge >= 0.3 is 6.03 Å². The molecule has 0 aromatic heterocycles. The molecule has 31 heavy (non-hydrogen) atoms. The van der Waals surface area contributed by atoms with Crippen LogP contribution in [0.15, 0.2) is 66.7 Å². The Morgan fingerprint density at radius 1 is 1.03 bits per heavy atom. The summed E-state index contributed by atoms with van der Waals surface area (Å²) in [5.74, 6) is -0.528. The fraction of sp³-hybridized carbons (Fsp3) is 0.280. The van der Waals surface area contributed by atoms with Crippen LogP contribution in [0.1, 0.15) is 30.9 Å². The van der Waals surface area contributed by atoms with Crippen molar-refractivity contribution in [2.75, 3.05) is 6.67 Å². The number of benzene rings is 3. The van der Waals surface area contributed by atoms with Crippen molar-refractivity contribution in [3.63, 3.8) is 0 Å². The fourth-order valence-corrected chi connectivity index (χ4v) is 4.26.